The van der Waals surface area contributed by atoms with Gasteiger partial charge in [-0.2, -0.15) is 4.99 Å². The fraction of sp³-hybridized carbons (Fsp3) is 0.364. The molecule has 72 valence electrons. The van der Waals surface area contributed by atoms with E-state index in [1.807, 2.05) is 18.2 Å². The van der Waals surface area contributed by atoms with Gasteiger partial charge in [-0.3, -0.25) is 0 Å². The van der Waals surface area contributed by atoms with Gasteiger partial charge in [-0.15, -0.1) is 0 Å². The topological polar surface area (TPSA) is 29.4 Å². The molecular weight excluding hydrogens is 242 g/mol. The molecule has 2 rings (SSSR count). The molecule has 3 heteroatoms. The molecule has 0 aromatic heterocycles. The van der Waals surface area contributed by atoms with Crippen LogP contribution in [0, 0.1) is 0 Å². The van der Waals surface area contributed by atoms with Gasteiger partial charge in [0.05, 0.1) is 6.04 Å². The molecule has 0 N–H and O–H groups in total. The molecule has 0 saturated carbocycles. The third kappa shape index (κ3) is 1.66. The lowest BCUT2D eigenvalue weighted by Crippen LogP contribution is -2.08. The molecule has 0 heterocycles. The van der Waals surface area contributed by atoms with Crippen molar-refractivity contribution >= 4 is 22.0 Å². The maximum absolute atomic E-state index is 10.3. The Hall–Kier alpha value is -0.920. The van der Waals surface area contributed by atoms with Crippen LogP contribution in [0.5, 0.6) is 0 Å². The number of isocyanates is 1. The number of hydrogen-bond donors (Lipinski definition) is 0. The number of aliphatic imine (C=N–C) groups is 1. The van der Waals surface area contributed by atoms with Crippen LogP contribution in [-0.2, 0) is 11.2 Å². The smallest absolute Gasteiger partial charge is 0.211 e. The van der Waals surface area contributed by atoms with E-state index in [4.69, 9.17) is 0 Å². The van der Waals surface area contributed by atoms with E-state index in [1.54, 1.807) is 6.08 Å². The largest absolute Gasteiger partial charge is 0.235 e. The molecule has 1 aliphatic carbocycles. The van der Waals surface area contributed by atoms with E-state index >= 15 is 0 Å². The van der Waals surface area contributed by atoms with E-state index in [0.717, 1.165) is 23.7 Å². The van der Waals surface area contributed by atoms with Crippen LogP contribution in [0.25, 0.3) is 0 Å². The second kappa shape index (κ2) is 4.07. The lowest BCUT2D eigenvalue weighted by Gasteiger charge is -2.22. The van der Waals surface area contributed by atoms with Crippen molar-refractivity contribution in [3.8, 4) is 0 Å². The second-order valence-electron chi connectivity index (χ2n) is 3.44. The SMILES string of the molecule is O=C=NC1CCCc2c(Br)cccc21. The summed E-state index contributed by atoms with van der Waals surface area (Å²) in [6, 6.07) is 6.09. The summed E-state index contributed by atoms with van der Waals surface area (Å²) in [5.74, 6) is 0. The highest BCUT2D eigenvalue weighted by atomic mass is 79.9. The van der Waals surface area contributed by atoms with Crippen LogP contribution >= 0.6 is 15.9 Å². The molecule has 0 saturated heterocycles. The van der Waals surface area contributed by atoms with Gasteiger partial charge in [0.1, 0.15) is 0 Å². The highest BCUT2D eigenvalue weighted by molar-refractivity contribution is 9.10. The van der Waals surface area contributed by atoms with Crippen LogP contribution in [0.2, 0.25) is 0 Å². The maximum atomic E-state index is 10.3. The Morgan fingerprint density at radius 2 is 2.36 bits per heavy atom. The summed E-state index contributed by atoms with van der Waals surface area (Å²) in [5, 5.41) is 0. The first kappa shape index (κ1) is 9.63. The third-order valence-electron chi connectivity index (χ3n) is 2.63. The summed E-state index contributed by atoms with van der Waals surface area (Å²) < 4.78 is 1.13. The predicted octanol–water partition coefficient (Wildman–Crippen LogP) is 3.16. The van der Waals surface area contributed by atoms with Gasteiger partial charge >= 0.3 is 0 Å². The zero-order chi connectivity index (χ0) is 9.97. The summed E-state index contributed by atoms with van der Waals surface area (Å²) >= 11 is 3.52. The van der Waals surface area contributed by atoms with Gasteiger partial charge < -0.3 is 0 Å². The molecule has 0 radical (unpaired) electrons. The molecule has 1 unspecified atom stereocenters. The highest BCUT2D eigenvalue weighted by Crippen LogP contribution is 2.35. The zero-order valence-corrected chi connectivity index (χ0v) is 9.25. The number of rotatable bonds is 1. The fourth-order valence-electron chi connectivity index (χ4n) is 1.98. The highest BCUT2D eigenvalue weighted by Gasteiger charge is 2.20. The monoisotopic (exact) mass is 251 g/mol. The van der Waals surface area contributed by atoms with Crippen LogP contribution in [0.3, 0.4) is 0 Å². The Kier molecular flexibility index (Phi) is 2.80. The molecule has 14 heavy (non-hydrogen) atoms. The minimum Gasteiger partial charge on any atom is -0.211 e. The lowest BCUT2D eigenvalue weighted by molar-refractivity contribution is 0.537. The molecule has 0 spiro atoms. The molecule has 1 atom stereocenters. The molecule has 1 aromatic rings. The fourth-order valence-corrected chi connectivity index (χ4v) is 2.56. The van der Waals surface area contributed by atoms with E-state index in [1.165, 1.54) is 11.1 Å². The number of fused-ring (bicyclic) bond motifs is 1. The predicted molar refractivity (Wildman–Crippen MR) is 57.9 cm³/mol. The van der Waals surface area contributed by atoms with Crippen LogP contribution in [-0.4, -0.2) is 6.08 Å². The van der Waals surface area contributed by atoms with Crippen LogP contribution in [0.1, 0.15) is 30.0 Å². The van der Waals surface area contributed by atoms with E-state index in [0.29, 0.717) is 0 Å². The number of benzene rings is 1. The van der Waals surface area contributed by atoms with Crippen LogP contribution in [0.4, 0.5) is 0 Å². The number of carbonyl (C=O) groups excluding carboxylic acids is 1. The van der Waals surface area contributed by atoms with Gasteiger partial charge in [-0.1, -0.05) is 28.1 Å². The minimum atomic E-state index is 0.0220. The van der Waals surface area contributed by atoms with E-state index in [2.05, 4.69) is 20.9 Å². The Balaban J connectivity index is 2.49. The summed E-state index contributed by atoms with van der Waals surface area (Å²) in [6.07, 6.45) is 4.77. The Bertz CT molecular complexity index is 396. The quantitative estimate of drug-likeness (QED) is 0.557. The van der Waals surface area contributed by atoms with Crippen LogP contribution in [0.15, 0.2) is 27.7 Å². The van der Waals surface area contributed by atoms with Crippen molar-refractivity contribution < 1.29 is 4.79 Å². The third-order valence-corrected chi connectivity index (χ3v) is 3.37. The molecule has 0 fully saturated rings. The van der Waals surface area contributed by atoms with E-state index in [9.17, 15) is 4.79 Å². The Morgan fingerprint density at radius 1 is 1.50 bits per heavy atom. The van der Waals surface area contributed by atoms with Crippen molar-refractivity contribution in [3.05, 3.63) is 33.8 Å². The first-order valence-corrected chi connectivity index (χ1v) is 5.46. The van der Waals surface area contributed by atoms with E-state index < -0.39 is 0 Å². The molecule has 1 aromatic carbocycles. The number of hydrogen-bond acceptors (Lipinski definition) is 2. The van der Waals surface area contributed by atoms with Gasteiger partial charge in [-0.05, 0) is 36.5 Å². The maximum Gasteiger partial charge on any atom is 0.235 e. The first-order valence-electron chi connectivity index (χ1n) is 4.67. The van der Waals surface area contributed by atoms with Gasteiger partial charge in [0.25, 0.3) is 0 Å². The van der Waals surface area contributed by atoms with Crippen molar-refractivity contribution in [2.75, 3.05) is 0 Å². The van der Waals surface area contributed by atoms with Crippen molar-refractivity contribution in [2.45, 2.75) is 25.3 Å². The van der Waals surface area contributed by atoms with Crippen LogP contribution < -0.4 is 0 Å². The van der Waals surface area contributed by atoms with Crippen molar-refractivity contribution in [1.82, 2.24) is 0 Å². The van der Waals surface area contributed by atoms with Crippen molar-refractivity contribution in [1.29, 1.82) is 0 Å². The molecular formula is C11H10BrNO. The summed E-state index contributed by atoms with van der Waals surface area (Å²) in [6.45, 7) is 0. The van der Waals surface area contributed by atoms with Gasteiger partial charge in [0.2, 0.25) is 6.08 Å². The molecule has 0 amide bonds. The van der Waals surface area contributed by atoms with Gasteiger partial charge in [0, 0.05) is 4.47 Å². The minimum absolute atomic E-state index is 0.0220. The standard InChI is InChI=1S/C11H10BrNO/c12-10-5-1-4-9-8(10)3-2-6-11(9)13-7-14/h1,4-5,11H,2-3,6H2. The Morgan fingerprint density at radius 3 is 3.14 bits per heavy atom. The summed E-state index contributed by atoms with van der Waals surface area (Å²) in [4.78, 5) is 14.1. The number of nitrogens with zero attached hydrogens (tertiary/aromatic N) is 1. The van der Waals surface area contributed by atoms with Gasteiger partial charge in [-0.25, -0.2) is 4.79 Å². The zero-order valence-electron chi connectivity index (χ0n) is 7.66. The van der Waals surface area contributed by atoms with E-state index in [-0.39, 0.29) is 6.04 Å². The molecule has 2 nitrogen and oxygen atoms in total. The average molecular weight is 252 g/mol. The van der Waals surface area contributed by atoms with Gasteiger partial charge in [0.15, 0.2) is 0 Å². The molecule has 0 aliphatic heterocycles. The lowest BCUT2D eigenvalue weighted by atomic mass is 9.88. The average Bonchev–Trinajstić information content (AvgIpc) is 2.20. The normalized spacial score (nSPS) is 19.6. The number of halogens is 1. The van der Waals surface area contributed by atoms with Crippen molar-refractivity contribution in [2.24, 2.45) is 4.99 Å². The Labute approximate surface area is 91.2 Å². The molecule has 1 aliphatic rings. The second-order valence-corrected chi connectivity index (χ2v) is 4.29. The molecule has 0 bridgehead atoms. The van der Waals surface area contributed by atoms with Crippen molar-refractivity contribution in [3.63, 3.8) is 0 Å². The first-order chi connectivity index (χ1) is 6.83. The summed E-state index contributed by atoms with van der Waals surface area (Å²) in [5.41, 5.74) is 2.47. The summed E-state index contributed by atoms with van der Waals surface area (Å²) in [7, 11) is 0.